The van der Waals surface area contributed by atoms with Crippen LogP contribution in [0.4, 0.5) is 11.5 Å². The van der Waals surface area contributed by atoms with Gasteiger partial charge < -0.3 is 5.32 Å². The molecule has 7 heteroatoms. The number of carbonyl (C=O) groups is 1. The molecule has 2 aromatic rings. The smallest absolute Gasteiger partial charge is 0.287 e. The van der Waals surface area contributed by atoms with E-state index >= 15 is 0 Å². The molecular formula is C13H10BrN3O3. The fourth-order valence-corrected chi connectivity index (χ4v) is 2.00. The summed E-state index contributed by atoms with van der Waals surface area (Å²) in [5.74, 6) is -0.0173. The maximum absolute atomic E-state index is 12.0. The van der Waals surface area contributed by atoms with E-state index in [1.54, 1.807) is 25.1 Å². The van der Waals surface area contributed by atoms with Crippen molar-refractivity contribution in [3.8, 4) is 0 Å². The summed E-state index contributed by atoms with van der Waals surface area (Å²) in [5.41, 5.74) is 0.893. The number of nitrogens with one attached hydrogen (secondary N) is 1. The van der Waals surface area contributed by atoms with Crippen LogP contribution in [-0.2, 0) is 0 Å². The Bertz CT molecular complexity index is 688. The van der Waals surface area contributed by atoms with Crippen LogP contribution in [-0.4, -0.2) is 15.8 Å². The quantitative estimate of drug-likeness (QED) is 0.688. The van der Waals surface area contributed by atoms with Crippen molar-refractivity contribution in [1.29, 1.82) is 0 Å². The topological polar surface area (TPSA) is 85.1 Å². The van der Waals surface area contributed by atoms with Crippen molar-refractivity contribution in [1.82, 2.24) is 4.98 Å². The van der Waals surface area contributed by atoms with E-state index in [1.807, 2.05) is 6.07 Å². The summed E-state index contributed by atoms with van der Waals surface area (Å²) in [7, 11) is 0. The molecule has 0 saturated heterocycles. The first kappa shape index (κ1) is 14.1. The lowest BCUT2D eigenvalue weighted by molar-refractivity contribution is -0.385. The van der Waals surface area contributed by atoms with Crippen LogP contribution >= 0.6 is 15.9 Å². The van der Waals surface area contributed by atoms with Gasteiger partial charge in [0, 0.05) is 16.1 Å². The molecule has 0 saturated carbocycles. The highest BCUT2D eigenvalue weighted by Crippen LogP contribution is 2.19. The monoisotopic (exact) mass is 335 g/mol. The third-order valence-electron chi connectivity index (χ3n) is 2.59. The first-order valence-electron chi connectivity index (χ1n) is 5.65. The number of amides is 1. The number of pyridine rings is 1. The van der Waals surface area contributed by atoms with Crippen molar-refractivity contribution < 1.29 is 9.72 Å². The van der Waals surface area contributed by atoms with E-state index in [4.69, 9.17) is 0 Å². The Kier molecular flexibility index (Phi) is 4.09. The van der Waals surface area contributed by atoms with Gasteiger partial charge >= 0.3 is 0 Å². The zero-order valence-corrected chi connectivity index (χ0v) is 12.0. The van der Waals surface area contributed by atoms with E-state index in [1.165, 1.54) is 6.07 Å². The molecule has 0 aliphatic heterocycles. The van der Waals surface area contributed by atoms with Crippen LogP contribution in [0.25, 0.3) is 0 Å². The molecule has 0 atom stereocenters. The zero-order chi connectivity index (χ0) is 14.7. The number of benzene rings is 1. The predicted octanol–water partition coefficient (Wildman–Crippen LogP) is 3.31. The standard InChI is InChI=1S/C13H10BrN3O3/c1-8-5-11(17(19)20)7-15-12(8)16-13(18)9-3-2-4-10(14)6-9/h2-7H,1H3,(H,15,16,18). The Hall–Kier alpha value is -2.28. The van der Waals surface area contributed by atoms with E-state index in [0.717, 1.165) is 10.7 Å². The average Bonchev–Trinajstić information content (AvgIpc) is 2.40. The second-order valence-corrected chi connectivity index (χ2v) is 5.00. The summed E-state index contributed by atoms with van der Waals surface area (Å²) < 4.78 is 0.790. The normalized spacial score (nSPS) is 10.1. The van der Waals surface area contributed by atoms with Gasteiger partial charge in [-0.3, -0.25) is 14.9 Å². The first-order valence-corrected chi connectivity index (χ1v) is 6.44. The maximum Gasteiger partial charge on any atom is 0.287 e. The summed E-state index contributed by atoms with van der Waals surface area (Å²) in [6, 6.07) is 8.27. The second kappa shape index (κ2) is 5.79. The lowest BCUT2D eigenvalue weighted by Gasteiger charge is -2.07. The fourth-order valence-electron chi connectivity index (χ4n) is 1.60. The minimum absolute atomic E-state index is 0.108. The SMILES string of the molecule is Cc1cc([N+](=O)[O-])cnc1NC(=O)c1cccc(Br)c1. The van der Waals surface area contributed by atoms with Crippen LogP contribution in [0.1, 0.15) is 15.9 Å². The highest BCUT2D eigenvalue weighted by Gasteiger charge is 2.12. The van der Waals surface area contributed by atoms with Crippen molar-refractivity contribution in [3.05, 3.63) is 62.2 Å². The molecule has 1 heterocycles. The van der Waals surface area contributed by atoms with Crippen molar-refractivity contribution >= 4 is 33.3 Å². The molecule has 0 bridgehead atoms. The largest absolute Gasteiger partial charge is 0.306 e. The van der Waals surface area contributed by atoms with Gasteiger partial charge in [0.2, 0.25) is 0 Å². The lowest BCUT2D eigenvalue weighted by atomic mass is 10.2. The number of rotatable bonds is 3. The van der Waals surface area contributed by atoms with Crippen LogP contribution in [0.3, 0.4) is 0 Å². The van der Waals surface area contributed by atoms with E-state index < -0.39 is 4.92 Å². The number of aryl methyl sites for hydroxylation is 1. The number of nitro groups is 1. The van der Waals surface area contributed by atoms with E-state index in [9.17, 15) is 14.9 Å². The zero-order valence-electron chi connectivity index (χ0n) is 10.5. The minimum Gasteiger partial charge on any atom is -0.306 e. The van der Waals surface area contributed by atoms with Gasteiger partial charge in [0.15, 0.2) is 0 Å². The molecule has 102 valence electrons. The number of carbonyl (C=O) groups excluding carboxylic acids is 1. The summed E-state index contributed by atoms with van der Waals surface area (Å²) in [4.78, 5) is 26.0. The highest BCUT2D eigenvalue weighted by molar-refractivity contribution is 9.10. The second-order valence-electron chi connectivity index (χ2n) is 4.08. The van der Waals surface area contributed by atoms with Gasteiger partial charge in [-0.25, -0.2) is 4.98 Å². The van der Waals surface area contributed by atoms with Crippen molar-refractivity contribution in [3.63, 3.8) is 0 Å². The van der Waals surface area contributed by atoms with E-state index in [0.29, 0.717) is 16.9 Å². The molecule has 0 aliphatic carbocycles. The molecule has 1 amide bonds. The summed E-state index contributed by atoms with van der Waals surface area (Å²) in [6.07, 6.45) is 1.11. The molecule has 6 nitrogen and oxygen atoms in total. The average molecular weight is 336 g/mol. The number of anilines is 1. The lowest BCUT2D eigenvalue weighted by Crippen LogP contribution is -2.14. The molecule has 1 aromatic carbocycles. The van der Waals surface area contributed by atoms with Gasteiger partial charge in [-0.1, -0.05) is 22.0 Å². The van der Waals surface area contributed by atoms with Crippen molar-refractivity contribution in [2.75, 3.05) is 5.32 Å². The van der Waals surface area contributed by atoms with Gasteiger partial charge in [-0.15, -0.1) is 0 Å². The Balaban J connectivity index is 2.22. The Labute approximate surface area is 123 Å². The van der Waals surface area contributed by atoms with E-state index in [2.05, 4.69) is 26.2 Å². The van der Waals surface area contributed by atoms with Crippen LogP contribution in [0, 0.1) is 17.0 Å². The van der Waals surface area contributed by atoms with Gasteiger partial charge in [0.25, 0.3) is 11.6 Å². The molecule has 0 radical (unpaired) electrons. The molecule has 2 rings (SSSR count). The Morgan fingerprint density at radius 1 is 1.40 bits per heavy atom. The van der Waals surface area contributed by atoms with Gasteiger partial charge in [-0.2, -0.15) is 0 Å². The van der Waals surface area contributed by atoms with E-state index in [-0.39, 0.29) is 11.6 Å². The summed E-state index contributed by atoms with van der Waals surface area (Å²) in [6.45, 7) is 1.65. The maximum atomic E-state index is 12.0. The van der Waals surface area contributed by atoms with Gasteiger partial charge in [0.1, 0.15) is 12.0 Å². The van der Waals surface area contributed by atoms with Crippen LogP contribution < -0.4 is 5.32 Å². The van der Waals surface area contributed by atoms with Crippen LogP contribution in [0.15, 0.2) is 41.0 Å². The number of hydrogen-bond donors (Lipinski definition) is 1. The molecule has 0 unspecified atom stereocenters. The van der Waals surface area contributed by atoms with Crippen molar-refractivity contribution in [2.24, 2.45) is 0 Å². The summed E-state index contributed by atoms with van der Waals surface area (Å²) >= 11 is 3.29. The molecule has 0 aliphatic rings. The number of nitrogens with zero attached hydrogens (tertiary/aromatic N) is 2. The third-order valence-corrected chi connectivity index (χ3v) is 3.09. The highest BCUT2D eigenvalue weighted by atomic mass is 79.9. The van der Waals surface area contributed by atoms with Gasteiger partial charge in [0.05, 0.1) is 4.92 Å². The number of hydrogen-bond acceptors (Lipinski definition) is 4. The molecule has 0 fully saturated rings. The third kappa shape index (κ3) is 3.18. The molecule has 1 N–H and O–H groups in total. The predicted molar refractivity (Wildman–Crippen MR) is 77.7 cm³/mol. The van der Waals surface area contributed by atoms with Crippen LogP contribution in [0.5, 0.6) is 0 Å². The Morgan fingerprint density at radius 2 is 2.15 bits per heavy atom. The Morgan fingerprint density at radius 3 is 2.75 bits per heavy atom. The molecular weight excluding hydrogens is 326 g/mol. The molecule has 1 aromatic heterocycles. The molecule has 0 spiro atoms. The number of halogens is 1. The van der Waals surface area contributed by atoms with Gasteiger partial charge in [-0.05, 0) is 30.7 Å². The number of aromatic nitrogens is 1. The summed E-state index contributed by atoms with van der Waals surface area (Å²) in [5, 5.41) is 13.2. The first-order chi connectivity index (χ1) is 9.47. The van der Waals surface area contributed by atoms with Crippen molar-refractivity contribution in [2.45, 2.75) is 6.92 Å². The fraction of sp³-hybridized carbons (Fsp3) is 0.0769. The molecule has 20 heavy (non-hydrogen) atoms. The minimum atomic E-state index is -0.528. The van der Waals surface area contributed by atoms with Crippen LogP contribution in [0.2, 0.25) is 0 Å².